The Morgan fingerprint density at radius 3 is 1.10 bits per heavy atom. The van der Waals surface area contributed by atoms with Crippen LogP contribution in [-0.4, -0.2) is 70.2 Å². The first kappa shape index (κ1) is 39.9. The van der Waals surface area contributed by atoms with Gasteiger partial charge in [-0.3, -0.25) is 29.1 Å². The van der Waals surface area contributed by atoms with Crippen LogP contribution in [0, 0.1) is 24.7 Å². The molecule has 0 radical (unpaired) electrons. The molecule has 0 unspecified atom stereocenters. The average molecular weight is 783 g/mol. The van der Waals surface area contributed by atoms with E-state index in [9.17, 15) is 19.2 Å². The van der Waals surface area contributed by atoms with Crippen LogP contribution >= 0.6 is 0 Å². The number of ether oxygens (including phenoxy) is 4. The van der Waals surface area contributed by atoms with E-state index in [0.29, 0.717) is 34.2 Å². The standard InChI is InChI=1S/C46H46N4O8/c1-7-55-41(51)45(42(52)56-8-2)23-31-27(5)37(49-39(33(31)25-45)35-15-11-13-21-47-35)29-17-19-30(20-18-29)38-28(6)32-24-46(43(53)57-9-3,44(54)58-10-4)26-34(32)40(50-38)36-16-12-14-22-48-36/h11-22H,7-10,23-26H2,1-6H3. The third kappa shape index (κ3) is 6.80. The number of fused-ring (bicyclic) bond motifs is 2. The minimum Gasteiger partial charge on any atom is -0.465 e. The molecule has 0 N–H and O–H groups in total. The van der Waals surface area contributed by atoms with Gasteiger partial charge in [-0.2, -0.15) is 0 Å². The molecule has 4 aromatic heterocycles. The zero-order chi connectivity index (χ0) is 41.2. The molecular weight excluding hydrogens is 737 g/mol. The first-order chi connectivity index (χ1) is 28.0. The van der Waals surface area contributed by atoms with Crippen LogP contribution in [0.25, 0.3) is 45.3 Å². The number of rotatable bonds is 12. The van der Waals surface area contributed by atoms with Crippen LogP contribution < -0.4 is 0 Å². The predicted molar refractivity (Wildman–Crippen MR) is 215 cm³/mol. The van der Waals surface area contributed by atoms with E-state index in [0.717, 1.165) is 44.5 Å². The van der Waals surface area contributed by atoms with Crippen LogP contribution in [0.3, 0.4) is 0 Å². The van der Waals surface area contributed by atoms with Crippen LogP contribution in [0.15, 0.2) is 73.1 Å². The highest BCUT2D eigenvalue weighted by Gasteiger charge is 2.56. The second-order valence-electron chi connectivity index (χ2n) is 14.5. The molecule has 0 fully saturated rings. The fraction of sp³-hybridized carbons (Fsp3) is 0.348. The van der Waals surface area contributed by atoms with Crippen molar-refractivity contribution in [2.24, 2.45) is 10.8 Å². The smallest absolute Gasteiger partial charge is 0.324 e. The zero-order valence-electron chi connectivity index (χ0n) is 33.6. The van der Waals surface area contributed by atoms with Gasteiger partial charge in [-0.15, -0.1) is 0 Å². The lowest BCUT2D eigenvalue weighted by Crippen LogP contribution is -2.43. The van der Waals surface area contributed by atoms with Crippen LogP contribution in [0.1, 0.15) is 61.1 Å². The molecule has 0 amide bonds. The Hall–Kier alpha value is -6.30. The zero-order valence-corrected chi connectivity index (χ0v) is 33.6. The summed E-state index contributed by atoms with van der Waals surface area (Å²) in [5.41, 5.74) is 7.11. The van der Waals surface area contributed by atoms with Gasteiger partial charge in [0.1, 0.15) is 0 Å². The van der Waals surface area contributed by atoms with Gasteiger partial charge in [-0.05, 0) is 99.2 Å². The molecule has 4 heterocycles. The van der Waals surface area contributed by atoms with E-state index in [-0.39, 0.29) is 52.1 Å². The van der Waals surface area contributed by atoms with Crippen LogP contribution in [0.4, 0.5) is 0 Å². The Balaban J connectivity index is 1.34. The lowest BCUT2D eigenvalue weighted by Gasteiger charge is -2.24. The van der Waals surface area contributed by atoms with Gasteiger partial charge in [0.15, 0.2) is 10.8 Å². The fourth-order valence-electron chi connectivity index (χ4n) is 8.34. The van der Waals surface area contributed by atoms with Crippen molar-refractivity contribution < 1.29 is 38.1 Å². The lowest BCUT2D eigenvalue weighted by molar-refractivity contribution is -0.173. The predicted octanol–water partition coefficient (Wildman–Crippen LogP) is 6.97. The average Bonchev–Trinajstić information content (AvgIpc) is 3.86. The van der Waals surface area contributed by atoms with Gasteiger partial charge in [0.2, 0.25) is 0 Å². The largest absolute Gasteiger partial charge is 0.465 e. The molecule has 2 aliphatic carbocycles. The second-order valence-corrected chi connectivity index (χ2v) is 14.5. The van der Waals surface area contributed by atoms with Gasteiger partial charge in [-0.1, -0.05) is 36.4 Å². The van der Waals surface area contributed by atoms with Crippen molar-refractivity contribution in [1.82, 2.24) is 19.9 Å². The van der Waals surface area contributed by atoms with Gasteiger partial charge >= 0.3 is 23.9 Å². The number of nitrogens with zero attached hydrogens (tertiary/aromatic N) is 4. The normalized spacial score (nSPS) is 14.6. The second kappa shape index (κ2) is 16.3. The van der Waals surface area contributed by atoms with Gasteiger partial charge < -0.3 is 18.9 Å². The highest BCUT2D eigenvalue weighted by Crippen LogP contribution is 2.48. The third-order valence-corrected chi connectivity index (χ3v) is 11.2. The van der Waals surface area contributed by atoms with E-state index < -0.39 is 34.7 Å². The number of esters is 4. The minimum atomic E-state index is -1.55. The van der Waals surface area contributed by atoms with Crippen molar-refractivity contribution in [2.45, 2.75) is 67.2 Å². The highest BCUT2D eigenvalue weighted by molar-refractivity contribution is 6.03. The van der Waals surface area contributed by atoms with Gasteiger partial charge in [-0.25, -0.2) is 9.97 Å². The summed E-state index contributed by atoms with van der Waals surface area (Å²) in [4.78, 5) is 74.0. The Bertz CT molecular complexity index is 2190. The van der Waals surface area contributed by atoms with Crippen molar-refractivity contribution in [3.8, 4) is 45.3 Å². The van der Waals surface area contributed by atoms with Gasteiger partial charge in [0, 0.05) is 49.2 Å². The van der Waals surface area contributed by atoms with E-state index in [2.05, 4.69) is 9.97 Å². The Kier molecular flexibility index (Phi) is 11.2. The summed E-state index contributed by atoms with van der Waals surface area (Å²) in [7, 11) is 0. The molecule has 0 spiro atoms. The van der Waals surface area contributed by atoms with Crippen LogP contribution in [0.2, 0.25) is 0 Å². The summed E-state index contributed by atoms with van der Waals surface area (Å²) >= 11 is 0. The van der Waals surface area contributed by atoms with Crippen LogP contribution in [-0.2, 0) is 63.8 Å². The molecule has 12 nitrogen and oxygen atoms in total. The molecule has 0 saturated heterocycles. The topological polar surface area (TPSA) is 157 Å². The number of carbonyl (C=O) groups is 4. The van der Waals surface area contributed by atoms with Gasteiger partial charge in [0.05, 0.1) is 60.6 Å². The number of pyridine rings is 4. The lowest BCUT2D eigenvalue weighted by atomic mass is 9.84. The summed E-state index contributed by atoms with van der Waals surface area (Å²) in [6.07, 6.45) is 3.74. The fourth-order valence-corrected chi connectivity index (χ4v) is 8.34. The number of benzene rings is 1. The Labute approximate surface area is 337 Å². The molecule has 5 aromatic rings. The van der Waals surface area contributed by atoms with Crippen molar-refractivity contribution >= 4 is 23.9 Å². The van der Waals surface area contributed by atoms with Crippen molar-refractivity contribution in [3.05, 3.63) is 106 Å². The molecular formula is C46H46N4O8. The first-order valence-electron chi connectivity index (χ1n) is 19.7. The van der Waals surface area contributed by atoms with Crippen molar-refractivity contribution in [1.29, 1.82) is 0 Å². The Morgan fingerprint density at radius 1 is 0.483 bits per heavy atom. The monoisotopic (exact) mass is 782 g/mol. The molecule has 0 aliphatic heterocycles. The van der Waals surface area contributed by atoms with Gasteiger partial charge in [0.25, 0.3) is 0 Å². The maximum absolute atomic E-state index is 13.6. The van der Waals surface area contributed by atoms with E-state index >= 15 is 0 Å². The molecule has 2 aliphatic rings. The molecule has 1 aromatic carbocycles. The summed E-state index contributed by atoms with van der Waals surface area (Å²) in [6, 6.07) is 19.0. The molecule has 0 saturated carbocycles. The summed E-state index contributed by atoms with van der Waals surface area (Å²) in [6.45, 7) is 11.3. The van der Waals surface area contributed by atoms with E-state index in [1.165, 1.54) is 0 Å². The molecule has 58 heavy (non-hydrogen) atoms. The van der Waals surface area contributed by atoms with E-state index in [1.807, 2.05) is 74.5 Å². The number of hydrogen-bond acceptors (Lipinski definition) is 12. The van der Waals surface area contributed by atoms with Crippen molar-refractivity contribution in [2.75, 3.05) is 26.4 Å². The maximum atomic E-state index is 13.6. The van der Waals surface area contributed by atoms with Crippen molar-refractivity contribution in [3.63, 3.8) is 0 Å². The SMILES string of the molecule is CCOC(=O)C1(C(=O)OCC)Cc2c(-c3ccccn3)nc(-c3ccc(-c4nc(-c5ccccn5)c5c(c4C)CC(C(=O)OCC)(C(=O)OCC)C5)cc3)c(C)c2C1. The minimum absolute atomic E-state index is 0.0778. The molecule has 298 valence electrons. The number of aromatic nitrogens is 4. The van der Waals surface area contributed by atoms with E-state index in [1.54, 1.807) is 40.1 Å². The third-order valence-electron chi connectivity index (χ3n) is 11.2. The summed E-state index contributed by atoms with van der Waals surface area (Å²) < 4.78 is 21.9. The van der Waals surface area contributed by atoms with E-state index in [4.69, 9.17) is 28.9 Å². The van der Waals surface area contributed by atoms with Crippen LogP contribution in [0.5, 0.6) is 0 Å². The number of hydrogen-bond donors (Lipinski definition) is 0. The quantitative estimate of drug-likeness (QED) is 0.0729. The summed E-state index contributed by atoms with van der Waals surface area (Å²) in [5, 5.41) is 0. The summed E-state index contributed by atoms with van der Waals surface area (Å²) in [5.74, 6) is -2.48. The molecule has 7 rings (SSSR count). The highest BCUT2D eigenvalue weighted by atomic mass is 16.6. The first-order valence-corrected chi connectivity index (χ1v) is 19.7. The Morgan fingerprint density at radius 2 is 0.810 bits per heavy atom. The molecule has 12 heteroatoms. The number of carbonyl (C=O) groups excluding carboxylic acids is 4. The molecule has 0 atom stereocenters. The molecule has 0 bridgehead atoms. The maximum Gasteiger partial charge on any atom is 0.324 e.